The van der Waals surface area contributed by atoms with E-state index in [4.69, 9.17) is 0 Å². The molecule has 1 amide bonds. The van der Waals surface area contributed by atoms with Gasteiger partial charge in [0.1, 0.15) is 0 Å². The second-order valence-electron chi connectivity index (χ2n) is 10.5. The van der Waals surface area contributed by atoms with Crippen molar-refractivity contribution in [1.82, 2.24) is 14.4 Å². The van der Waals surface area contributed by atoms with E-state index >= 15 is 0 Å². The summed E-state index contributed by atoms with van der Waals surface area (Å²) in [4.78, 5) is 17.6. The van der Waals surface area contributed by atoms with E-state index in [1.54, 1.807) is 44.2 Å². The zero-order valence-corrected chi connectivity index (χ0v) is 19.7. The molecule has 7 heteroatoms. The highest BCUT2D eigenvalue weighted by Crippen LogP contribution is 2.48. The maximum Gasteiger partial charge on any atom is 0.285 e. The normalized spacial score (nSPS) is 21.3. The van der Waals surface area contributed by atoms with E-state index in [1.165, 1.54) is 0 Å². The highest BCUT2D eigenvalue weighted by molar-refractivity contribution is 5.94. The van der Waals surface area contributed by atoms with Gasteiger partial charge in [-0.25, -0.2) is 8.78 Å². The van der Waals surface area contributed by atoms with Gasteiger partial charge in [-0.05, 0) is 69.4 Å². The summed E-state index contributed by atoms with van der Waals surface area (Å²) in [5.41, 5.74) is 1.22. The van der Waals surface area contributed by atoms with Gasteiger partial charge in [-0.15, -0.1) is 0 Å². The number of amides is 1. The highest BCUT2D eigenvalue weighted by atomic mass is 19.3. The lowest BCUT2D eigenvalue weighted by atomic mass is 9.80. The van der Waals surface area contributed by atoms with Crippen molar-refractivity contribution in [2.75, 3.05) is 19.6 Å². The predicted molar refractivity (Wildman–Crippen MR) is 122 cm³/mol. The van der Waals surface area contributed by atoms with Gasteiger partial charge >= 0.3 is 0 Å². The quantitative estimate of drug-likeness (QED) is 0.739. The van der Waals surface area contributed by atoms with Crippen molar-refractivity contribution >= 4 is 5.91 Å². The second kappa shape index (κ2) is 7.64. The molecule has 33 heavy (non-hydrogen) atoms. The lowest BCUT2D eigenvalue weighted by Gasteiger charge is -2.52. The van der Waals surface area contributed by atoms with Crippen LogP contribution in [-0.4, -0.2) is 51.1 Å². The number of benzene rings is 1. The van der Waals surface area contributed by atoms with Gasteiger partial charge < -0.3 is 14.6 Å². The third kappa shape index (κ3) is 3.89. The van der Waals surface area contributed by atoms with Crippen LogP contribution in [0.4, 0.5) is 8.78 Å². The van der Waals surface area contributed by atoms with Crippen LogP contribution in [0.5, 0.6) is 0 Å². The Morgan fingerprint density at radius 3 is 2.15 bits per heavy atom. The minimum Gasteiger partial charge on any atom is -0.386 e. The van der Waals surface area contributed by atoms with Gasteiger partial charge in [0, 0.05) is 50.4 Å². The van der Waals surface area contributed by atoms with E-state index in [2.05, 4.69) is 4.90 Å². The summed E-state index contributed by atoms with van der Waals surface area (Å²) in [5.74, 6) is -2.88. The maximum absolute atomic E-state index is 14.3. The van der Waals surface area contributed by atoms with Gasteiger partial charge in [0.2, 0.25) is 0 Å². The van der Waals surface area contributed by atoms with Crippen molar-refractivity contribution in [3.05, 3.63) is 58.9 Å². The number of aliphatic hydroxyl groups is 1. The Labute approximate surface area is 194 Å². The third-order valence-electron chi connectivity index (χ3n) is 7.73. The fraction of sp³-hybridized carbons (Fsp3) is 0.577. The molecule has 5 rings (SSSR count). The summed E-state index contributed by atoms with van der Waals surface area (Å²) in [6.45, 7) is 6.98. The zero-order valence-electron chi connectivity index (χ0n) is 19.7. The number of alkyl halides is 2. The Bertz CT molecular complexity index is 1040. The predicted octanol–water partition coefficient (Wildman–Crippen LogP) is 4.44. The Hall–Kier alpha value is -2.25. The second-order valence-corrected chi connectivity index (χ2v) is 10.5. The van der Waals surface area contributed by atoms with E-state index in [1.807, 2.05) is 15.5 Å². The molecule has 0 radical (unpaired) electrons. The van der Waals surface area contributed by atoms with Crippen LogP contribution in [0.3, 0.4) is 0 Å². The first-order chi connectivity index (χ1) is 15.5. The zero-order chi connectivity index (χ0) is 23.6. The number of hydrogen-bond donors (Lipinski definition) is 1. The van der Waals surface area contributed by atoms with E-state index in [-0.39, 0.29) is 17.1 Å². The topological polar surface area (TPSA) is 48.7 Å². The van der Waals surface area contributed by atoms with Crippen molar-refractivity contribution in [2.24, 2.45) is 0 Å². The third-order valence-corrected chi connectivity index (χ3v) is 7.73. The molecular formula is C26H33F2N3O2. The standard InChI is InChI=1S/C26H33F2N3O2/c1-24(2,33)19-6-4-18(5-7-19)23(32)29-14-12-26(13-15-29)22-11-10-21(25(3,27)28)30(22)16-17-31(26)20-8-9-20/h4-7,10-11,20,33H,8-9,12-17H2,1-3H3. The first-order valence-corrected chi connectivity index (χ1v) is 12.0. The van der Waals surface area contributed by atoms with Crippen LogP contribution in [0.2, 0.25) is 0 Å². The van der Waals surface area contributed by atoms with Crippen molar-refractivity contribution in [1.29, 1.82) is 0 Å². The molecule has 1 aliphatic carbocycles. The van der Waals surface area contributed by atoms with E-state index in [0.29, 0.717) is 31.2 Å². The Kier molecular flexibility index (Phi) is 5.21. The smallest absolute Gasteiger partial charge is 0.285 e. The molecule has 1 spiro atoms. The molecule has 2 aliphatic heterocycles. The number of hydrogen-bond acceptors (Lipinski definition) is 3. The molecule has 1 saturated heterocycles. The van der Waals surface area contributed by atoms with Crippen molar-refractivity contribution in [3.63, 3.8) is 0 Å². The number of aromatic nitrogens is 1. The van der Waals surface area contributed by atoms with E-state index in [9.17, 15) is 18.7 Å². The largest absolute Gasteiger partial charge is 0.386 e. The van der Waals surface area contributed by atoms with Crippen molar-refractivity contribution in [3.8, 4) is 0 Å². The van der Waals surface area contributed by atoms with Crippen LogP contribution >= 0.6 is 0 Å². The van der Waals surface area contributed by atoms with Crippen LogP contribution in [0.25, 0.3) is 0 Å². The number of carbonyl (C=O) groups is 1. The summed E-state index contributed by atoms with van der Waals surface area (Å²) < 4.78 is 30.3. The van der Waals surface area contributed by atoms with E-state index < -0.39 is 11.5 Å². The average molecular weight is 458 g/mol. The van der Waals surface area contributed by atoms with Crippen molar-refractivity contribution < 1.29 is 18.7 Å². The van der Waals surface area contributed by atoms with Crippen LogP contribution in [0.15, 0.2) is 36.4 Å². The summed E-state index contributed by atoms with van der Waals surface area (Å²) in [7, 11) is 0. The summed E-state index contributed by atoms with van der Waals surface area (Å²) in [6.07, 6.45) is 3.82. The van der Waals surface area contributed by atoms with Crippen molar-refractivity contribution in [2.45, 2.75) is 76.1 Å². The number of carbonyl (C=O) groups excluding carboxylic acids is 1. The molecule has 5 nitrogen and oxygen atoms in total. The molecule has 1 N–H and O–H groups in total. The number of fused-ring (bicyclic) bond motifs is 2. The van der Waals surface area contributed by atoms with Crippen LogP contribution in [-0.2, 0) is 23.6 Å². The number of nitrogens with zero attached hydrogens (tertiary/aromatic N) is 3. The molecule has 3 aliphatic rings. The lowest BCUT2D eigenvalue weighted by molar-refractivity contribution is -0.0204. The highest BCUT2D eigenvalue weighted by Gasteiger charge is 2.51. The van der Waals surface area contributed by atoms with Crippen LogP contribution in [0.1, 0.15) is 73.8 Å². The number of rotatable bonds is 4. The van der Waals surface area contributed by atoms with Gasteiger partial charge in [-0.1, -0.05) is 12.1 Å². The fourth-order valence-corrected chi connectivity index (χ4v) is 5.81. The van der Waals surface area contributed by atoms with Gasteiger partial charge in [0.25, 0.3) is 11.8 Å². The summed E-state index contributed by atoms with van der Waals surface area (Å²) in [6, 6.07) is 11.2. The van der Waals surface area contributed by atoms with Gasteiger partial charge in [-0.3, -0.25) is 9.69 Å². The monoisotopic (exact) mass is 457 g/mol. The Balaban J connectivity index is 1.38. The molecule has 2 aromatic rings. The Morgan fingerprint density at radius 2 is 1.61 bits per heavy atom. The first-order valence-electron chi connectivity index (χ1n) is 12.0. The number of likely N-dealkylation sites (tertiary alicyclic amines) is 1. The lowest BCUT2D eigenvalue weighted by Crippen LogP contribution is -2.59. The molecule has 1 aromatic carbocycles. The minimum atomic E-state index is -2.87. The molecule has 0 bridgehead atoms. The molecule has 0 unspecified atom stereocenters. The summed E-state index contributed by atoms with van der Waals surface area (Å²) >= 11 is 0. The van der Waals surface area contributed by atoms with Gasteiger partial charge in [0.15, 0.2) is 0 Å². The number of halogens is 2. The fourth-order valence-electron chi connectivity index (χ4n) is 5.81. The Morgan fingerprint density at radius 1 is 0.970 bits per heavy atom. The molecule has 2 fully saturated rings. The average Bonchev–Trinajstić information content (AvgIpc) is 3.49. The molecule has 3 heterocycles. The van der Waals surface area contributed by atoms with E-state index in [0.717, 1.165) is 50.4 Å². The first kappa shape index (κ1) is 22.5. The maximum atomic E-state index is 14.3. The van der Waals surface area contributed by atoms with Gasteiger partial charge in [0.05, 0.1) is 16.8 Å². The molecule has 1 aromatic heterocycles. The SMILES string of the molecule is CC(C)(O)c1ccc(C(=O)N2CCC3(CC2)c2ccc(C(C)(F)F)n2CCN3C2CC2)cc1. The molecule has 0 atom stereocenters. The van der Waals surface area contributed by atoms with Crippen LogP contribution in [0, 0.1) is 0 Å². The molecular weight excluding hydrogens is 424 g/mol. The molecule has 1 saturated carbocycles. The van der Waals surface area contributed by atoms with Crippen LogP contribution < -0.4 is 0 Å². The number of piperidine rings is 1. The minimum absolute atomic E-state index is 0.0166. The summed E-state index contributed by atoms with van der Waals surface area (Å²) in [5, 5.41) is 10.2. The van der Waals surface area contributed by atoms with Gasteiger partial charge in [-0.2, -0.15) is 0 Å². The molecule has 178 valence electrons.